The van der Waals surface area contributed by atoms with E-state index in [1.165, 1.54) is 5.56 Å². The van der Waals surface area contributed by atoms with E-state index in [9.17, 15) is 0 Å². The number of nitrogens with one attached hydrogen (secondary N) is 1. The van der Waals surface area contributed by atoms with E-state index < -0.39 is 0 Å². The molecule has 0 bridgehead atoms. The molecule has 4 aromatic heterocycles. The minimum Gasteiger partial charge on any atom is -0.352 e. The highest BCUT2D eigenvalue weighted by atomic mass is 32.1. The van der Waals surface area contributed by atoms with Crippen LogP contribution >= 0.6 is 12.2 Å². The normalized spacial score (nSPS) is 18.1. The Morgan fingerprint density at radius 3 is 2.28 bits per heavy atom. The van der Waals surface area contributed by atoms with E-state index >= 15 is 0 Å². The summed E-state index contributed by atoms with van der Waals surface area (Å²) in [7, 11) is 0. The van der Waals surface area contributed by atoms with E-state index in [2.05, 4.69) is 55.7 Å². The number of rotatable bonds is 5. The first-order valence-corrected chi connectivity index (χ1v) is 11.0. The molecular weight excluding hydrogens is 416 g/mol. The molecule has 6 nitrogen and oxygen atoms in total. The molecule has 0 aromatic carbocycles. The lowest BCUT2D eigenvalue weighted by atomic mass is 9.96. The number of aromatic nitrogens is 4. The first-order valence-electron chi connectivity index (χ1n) is 10.6. The molecule has 5 rings (SSSR count). The molecule has 1 aliphatic heterocycles. The van der Waals surface area contributed by atoms with Crippen molar-refractivity contribution in [3.05, 3.63) is 108 Å². The van der Waals surface area contributed by atoms with Gasteiger partial charge in [0.15, 0.2) is 5.11 Å². The van der Waals surface area contributed by atoms with E-state index in [0.717, 1.165) is 28.6 Å². The third kappa shape index (κ3) is 3.65. The summed E-state index contributed by atoms with van der Waals surface area (Å²) >= 11 is 5.81. The molecule has 5 heterocycles. The largest absolute Gasteiger partial charge is 0.352 e. The summed E-state index contributed by atoms with van der Waals surface area (Å²) in [5.74, 6) is 0.910. The smallest absolute Gasteiger partial charge is 0.170 e. The Balaban J connectivity index is 1.62. The van der Waals surface area contributed by atoms with Gasteiger partial charge in [-0.25, -0.2) is 4.98 Å². The third-order valence-electron chi connectivity index (χ3n) is 5.92. The first-order chi connectivity index (χ1) is 15.6. The van der Waals surface area contributed by atoms with Crippen LogP contribution in [-0.2, 0) is 6.54 Å². The third-order valence-corrected chi connectivity index (χ3v) is 6.28. The summed E-state index contributed by atoms with van der Waals surface area (Å²) in [6.45, 7) is 4.88. The highest BCUT2D eigenvalue weighted by Gasteiger charge is 2.41. The van der Waals surface area contributed by atoms with Crippen LogP contribution in [0.25, 0.3) is 5.82 Å². The molecule has 0 amide bonds. The van der Waals surface area contributed by atoms with E-state index in [0.29, 0.717) is 11.7 Å². The Morgan fingerprint density at radius 2 is 1.62 bits per heavy atom. The molecule has 0 aliphatic carbocycles. The predicted molar refractivity (Wildman–Crippen MR) is 128 cm³/mol. The van der Waals surface area contributed by atoms with Crippen LogP contribution in [0.3, 0.4) is 0 Å². The van der Waals surface area contributed by atoms with Gasteiger partial charge in [-0.3, -0.25) is 9.97 Å². The van der Waals surface area contributed by atoms with Crippen LogP contribution < -0.4 is 5.32 Å². The Bertz CT molecular complexity index is 1220. The van der Waals surface area contributed by atoms with Crippen molar-refractivity contribution in [1.29, 1.82) is 0 Å². The molecule has 4 aromatic rings. The second-order valence-electron chi connectivity index (χ2n) is 7.93. The van der Waals surface area contributed by atoms with Gasteiger partial charge in [0.2, 0.25) is 0 Å². The zero-order chi connectivity index (χ0) is 22.1. The topological polar surface area (TPSA) is 58.9 Å². The fourth-order valence-electron chi connectivity index (χ4n) is 4.51. The van der Waals surface area contributed by atoms with Crippen molar-refractivity contribution in [3.8, 4) is 5.82 Å². The van der Waals surface area contributed by atoms with Crippen LogP contribution in [0, 0.1) is 13.8 Å². The van der Waals surface area contributed by atoms with E-state index in [1.807, 2.05) is 67.1 Å². The molecule has 2 atom stereocenters. The van der Waals surface area contributed by atoms with Crippen LogP contribution in [0.2, 0.25) is 0 Å². The molecule has 1 fully saturated rings. The molecule has 1 N–H and O–H groups in total. The summed E-state index contributed by atoms with van der Waals surface area (Å²) in [5.41, 5.74) is 5.41. The molecule has 0 radical (unpaired) electrons. The molecule has 0 spiro atoms. The molecule has 0 saturated carbocycles. The predicted octanol–water partition coefficient (Wildman–Crippen LogP) is 4.45. The van der Waals surface area contributed by atoms with Gasteiger partial charge in [-0.05, 0) is 74.1 Å². The van der Waals surface area contributed by atoms with Crippen molar-refractivity contribution in [3.63, 3.8) is 0 Å². The van der Waals surface area contributed by atoms with Gasteiger partial charge in [-0.1, -0.05) is 18.2 Å². The quantitative estimate of drug-likeness (QED) is 0.463. The summed E-state index contributed by atoms with van der Waals surface area (Å²) in [6.07, 6.45) is 5.47. The van der Waals surface area contributed by atoms with E-state index in [4.69, 9.17) is 12.2 Å². The van der Waals surface area contributed by atoms with Crippen molar-refractivity contribution < 1.29 is 0 Å². The Kier molecular flexibility index (Phi) is 5.41. The van der Waals surface area contributed by atoms with Gasteiger partial charge in [0.25, 0.3) is 0 Å². The highest BCUT2D eigenvalue weighted by Crippen LogP contribution is 2.41. The summed E-state index contributed by atoms with van der Waals surface area (Å²) in [6, 6.07) is 20.1. The highest BCUT2D eigenvalue weighted by molar-refractivity contribution is 7.80. The lowest BCUT2D eigenvalue weighted by molar-refractivity contribution is 0.307. The molecule has 1 aliphatic rings. The van der Waals surface area contributed by atoms with Crippen molar-refractivity contribution in [2.75, 3.05) is 0 Å². The van der Waals surface area contributed by atoms with E-state index in [-0.39, 0.29) is 12.1 Å². The van der Waals surface area contributed by atoms with Crippen molar-refractivity contribution in [2.45, 2.75) is 32.5 Å². The van der Waals surface area contributed by atoms with Crippen LogP contribution in [0.15, 0.2) is 79.3 Å². The number of thiocarbonyl (C=S) groups is 1. The van der Waals surface area contributed by atoms with Crippen LogP contribution in [-0.4, -0.2) is 29.5 Å². The summed E-state index contributed by atoms with van der Waals surface area (Å²) in [5, 5.41) is 4.23. The number of nitrogens with zero attached hydrogens (tertiary/aromatic N) is 5. The molecular formula is C25H24N6S. The fourth-order valence-corrected chi connectivity index (χ4v) is 4.81. The van der Waals surface area contributed by atoms with Gasteiger partial charge in [0.1, 0.15) is 5.82 Å². The van der Waals surface area contributed by atoms with Crippen LogP contribution in [0.4, 0.5) is 0 Å². The maximum Gasteiger partial charge on any atom is 0.170 e. The Morgan fingerprint density at radius 1 is 0.906 bits per heavy atom. The summed E-state index contributed by atoms with van der Waals surface area (Å²) in [4.78, 5) is 16.0. The van der Waals surface area contributed by atoms with Gasteiger partial charge in [-0.15, -0.1) is 0 Å². The first kappa shape index (κ1) is 20.3. The SMILES string of the molecule is Cc1cc([C@H]2[C@@H](c3ccccn3)NC(=S)N2Cc2ccccn2)c(C)n1-c1ccccn1. The number of hydrogen-bond donors (Lipinski definition) is 1. The van der Waals surface area contributed by atoms with Gasteiger partial charge >= 0.3 is 0 Å². The molecule has 1 saturated heterocycles. The van der Waals surface area contributed by atoms with Crippen LogP contribution in [0.5, 0.6) is 0 Å². The number of hydrogen-bond acceptors (Lipinski definition) is 4. The second kappa shape index (κ2) is 8.51. The average molecular weight is 441 g/mol. The van der Waals surface area contributed by atoms with Crippen LogP contribution in [0.1, 0.15) is 40.4 Å². The number of aryl methyl sites for hydroxylation is 1. The summed E-state index contributed by atoms with van der Waals surface area (Å²) < 4.78 is 2.20. The second-order valence-corrected chi connectivity index (χ2v) is 8.31. The molecule has 7 heteroatoms. The molecule has 32 heavy (non-hydrogen) atoms. The number of pyridine rings is 3. The Hall–Kier alpha value is -3.58. The fraction of sp³-hybridized carbons (Fsp3) is 0.200. The zero-order valence-corrected chi connectivity index (χ0v) is 18.8. The van der Waals surface area contributed by atoms with Gasteiger partial charge in [-0.2, -0.15) is 0 Å². The maximum absolute atomic E-state index is 5.81. The average Bonchev–Trinajstić information content (AvgIpc) is 3.30. The monoisotopic (exact) mass is 440 g/mol. The zero-order valence-electron chi connectivity index (χ0n) is 18.0. The molecule has 160 valence electrons. The van der Waals surface area contributed by atoms with Gasteiger partial charge in [0, 0.05) is 30.0 Å². The van der Waals surface area contributed by atoms with Crippen molar-refractivity contribution in [2.24, 2.45) is 0 Å². The standard InChI is InChI=1S/C25H24N6S/c1-17-15-20(18(2)31(17)22-11-5-8-14-28-22)24-23(21-10-4-7-13-27-21)29-25(32)30(24)16-19-9-3-6-12-26-19/h3-15,23-24H,16H2,1-2H3,(H,29,32)/t23-,24+/m1/s1. The van der Waals surface area contributed by atoms with Gasteiger partial charge in [0.05, 0.1) is 30.0 Å². The minimum atomic E-state index is -0.0647. The van der Waals surface area contributed by atoms with Crippen molar-refractivity contribution >= 4 is 17.3 Å². The Labute approximate surface area is 193 Å². The van der Waals surface area contributed by atoms with Crippen molar-refractivity contribution in [1.82, 2.24) is 29.7 Å². The lowest BCUT2D eigenvalue weighted by Crippen LogP contribution is -2.29. The van der Waals surface area contributed by atoms with Gasteiger partial charge < -0.3 is 14.8 Å². The molecule has 0 unspecified atom stereocenters. The minimum absolute atomic E-state index is 0.0249. The maximum atomic E-state index is 5.81. The van der Waals surface area contributed by atoms with E-state index in [1.54, 1.807) is 0 Å². The lowest BCUT2D eigenvalue weighted by Gasteiger charge is -2.28.